The number of carbonyl (C=O) groups is 1. The van der Waals surface area contributed by atoms with Crippen LogP contribution in [0, 0.1) is 13.8 Å². The average molecular weight is 513 g/mol. The van der Waals surface area contributed by atoms with Crippen molar-refractivity contribution in [2.24, 2.45) is 0 Å². The minimum atomic E-state index is -4.14. The Morgan fingerprint density at radius 2 is 1.47 bits per heavy atom. The number of aryl methyl sites for hydroxylation is 2. The Morgan fingerprint density at radius 3 is 2.08 bits per heavy atom. The van der Waals surface area contributed by atoms with E-state index in [4.69, 9.17) is 14.2 Å². The smallest absolute Gasteiger partial charge is 0.264 e. The number of anilines is 1. The summed E-state index contributed by atoms with van der Waals surface area (Å²) in [6.45, 7) is 5.15. The van der Waals surface area contributed by atoms with E-state index in [2.05, 4.69) is 5.32 Å². The van der Waals surface area contributed by atoms with Gasteiger partial charge in [-0.1, -0.05) is 24.3 Å². The van der Waals surface area contributed by atoms with Crippen LogP contribution in [-0.4, -0.2) is 42.2 Å². The number of benzene rings is 3. The first-order valence-electron chi connectivity index (χ1n) is 11.4. The number of hydrogen-bond acceptors (Lipinski definition) is 6. The fraction of sp³-hybridized carbons (Fsp3) is 0.296. The predicted octanol–water partition coefficient (Wildman–Crippen LogP) is 4.40. The van der Waals surface area contributed by atoms with Gasteiger partial charge < -0.3 is 19.5 Å². The molecule has 9 heteroatoms. The molecule has 0 aromatic heterocycles. The van der Waals surface area contributed by atoms with Gasteiger partial charge in [-0.25, -0.2) is 8.42 Å². The highest BCUT2D eigenvalue weighted by molar-refractivity contribution is 7.92. The zero-order valence-electron chi connectivity index (χ0n) is 21.4. The number of carbonyl (C=O) groups excluding carboxylic acids is 1. The van der Waals surface area contributed by atoms with Gasteiger partial charge in [-0.05, 0) is 62.2 Å². The quantitative estimate of drug-likeness (QED) is 0.433. The average Bonchev–Trinajstić information content (AvgIpc) is 2.85. The molecule has 0 saturated carbocycles. The largest absolute Gasteiger partial charge is 0.496 e. The van der Waals surface area contributed by atoms with Gasteiger partial charge in [0.1, 0.15) is 12.3 Å². The van der Waals surface area contributed by atoms with E-state index in [1.807, 2.05) is 45.0 Å². The van der Waals surface area contributed by atoms with Gasteiger partial charge in [0.25, 0.3) is 10.0 Å². The Morgan fingerprint density at radius 1 is 0.861 bits per heavy atom. The molecule has 8 nitrogen and oxygen atoms in total. The van der Waals surface area contributed by atoms with Crippen LogP contribution in [0.4, 0.5) is 5.69 Å². The Hall–Kier alpha value is -3.72. The van der Waals surface area contributed by atoms with Crippen molar-refractivity contribution in [2.45, 2.75) is 31.7 Å². The zero-order valence-corrected chi connectivity index (χ0v) is 22.2. The monoisotopic (exact) mass is 512 g/mol. The molecule has 0 radical (unpaired) electrons. The summed E-state index contributed by atoms with van der Waals surface area (Å²) in [4.78, 5) is 13.2. The highest BCUT2D eigenvalue weighted by Crippen LogP contribution is 2.33. The first kappa shape index (κ1) is 26.9. The van der Waals surface area contributed by atoms with E-state index in [-0.39, 0.29) is 10.6 Å². The van der Waals surface area contributed by atoms with E-state index in [1.54, 1.807) is 25.3 Å². The topological polar surface area (TPSA) is 94.2 Å². The first-order chi connectivity index (χ1) is 17.1. The van der Waals surface area contributed by atoms with Crippen molar-refractivity contribution in [3.63, 3.8) is 0 Å². The number of hydrogen-bond donors (Lipinski definition) is 1. The van der Waals surface area contributed by atoms with Crippen molar-refractivity contribution in [2.75, 3.05) is 32.2 Å². The summed E-state index contributed by atoms with van der Waals surface area (Å²) in [5.74, 6) is 0.844. The number of nitrogens with zero attached hydrogens (tertiary/aromatic N) is 1. The van der Waals surface area contributed by atoms with Crippen molar-refractivity contribution in [3.05, 3.63) is 77.4 Å². The number of sulfonamides is 1. The van der Waals surface area contributed by atoms with Crippen molar-refractivity contribution >= 4 is 21.6 Å². The molecule has 0 aliphatic heterocycles. The standard InChI is InChI=1S/C27H32N2O6S/c1-18-13-19(2)15-21(14-18)29(36(31,32)22-11-12-25(34-5)26(16-22)35-6)17-27(30)28-20(3)23-9-7-8-10-24(23)33-4/h7-16,20H,17H2,1-6H3,(H,28,30)/t20-/m0/s1. The van der Waals surface area contributed by atoms with Gasteiger partial charge in [0.05, 0.1) is 38.0 Å². The Kier molecular flexibility index (Phi) is 8.47. The fourth-order valence-corrected chi connectivity index (χ4v) is 5.45. The van der Waals surface area contributed by atoms with E-state index < -0.39 is 28.5 Å². The fourth-order valence-electron chi connectivity index (χ4n) is 4.03. The summed E-state index contributed by atoms with van der Waals surface area (Å²) in [5, 5.41) is 2.89. The molecule has 0 aliphatic rings. The molecule has 36 heavy (non-hydrogen) atoms. The van der Waals surface area contributed by atoms with E-state index in [9.17, 15) is 13.2 Å². The third-order valence-corrected chi connectivity index (χ3v) is 7.48. The molecule has 0 spiro atoms. The molecule has 0 unspecified atom stereocenters. The number of ether oxygens (including phenoxy) is 3. The lowest BCUT2D eigenvalue weighted by atomic mass is 10.1. The summed E-state index contributed by atoms with van der Waals surface area (Å²) >= 11 is 0. The number of amides is 1. The maximum Gasteiger partial charge on any atom is 0.264 e. The second-order valence-corrected chi connectivity index (χ2v) is 10.3. The molecule has 0 heterocycles. The van der Waals surface area contributed by atoms with Crippen LogP contribution in [0.15, 0.2) is 65.6 Å². The van der Waals surface area contributed by atoms with Crippen LogP contribution in [0.5, 0.6) is 17.2 Å². The molecule has 1 atom stereocenters. The van der Waals surface area contributed by atoms with Gasteiger partial charge in [-0.2, -0.15) is 0 Å². The minimum Gasteiger partial charge on any atom is -0.496 e. The molecule has 0 saturated heterocycles. The molecule has 0 fully saturated rings. The lowest BCUT2D eigenvalue weighted by molar-refractivity contribution is -0.120. The van der Waals surface area contributed by atoms with Gasteiger partial charge in [0, 0.05) is 11.6 Å². The molecule has 3 aromatic carbocycles. The van der Waals surface area contributed by atoms with Crippen molar-refractivity contribution in [3.8, 4) is 17.2 Å². The van der Waals surface area contributed by atoms with Crippen LogP contribution in [0.25, 0.3) is 0 Å². The van der Waals surface area contributed by atoms with E-state index >= 15 is 0 Å². The lowest BCUT2D eigenvalue weighted by Crippen LogP contribution is -2.41. The molecular formula is C27H32N2O6S. The summed E-state index contributed by atoms with van der Waals surface area (Å²) in [5.41, 5.74) is 2.93. The van der Waals surface area contributed by atoms with E-state index in [0.717, 1.165) is 21.0 Å². The number of rotatable bonds is 10. The molecule has 0 bridgehead atoms. The normalized spacial score (nSPS) is 11.9. The van der Waals surface area contributed by atoms with E-state index in [0.29, 0.717) is 17.2 Å². The second kappa shape index (κ2) is 11.3. The summed E-state index contributed by atoms with van der Waals surface area (Å²) in [6, 6.07) is 16.7. The van der Waals surface area contributed by atoms with Gasteiger partial charge in [-0.15, -0.1) is 0 Å². The van der Waals surface area contributed by atoms with Crippen LogP contribution in [0.2, 0.25) is 0 Å². The third-order valence-electron chi connectivity index (χ3n) is 5.71. The van der Waals surface area contributed by atoms with Gasteiger partial charge in [0.15, 0.2) is 11.5 Å². The van der Waals surface area contributed by atoms with E-state index in [1.165, 1.54) is 32.4 Å². The third kappa shape index (κ3) is 5.91. The van der Waals surface area contributed by atoms with Crippen LogP contribution >= 0.6 is 0 Å². The van der Waals surface area contributed by atoms with Crippen molar-refractivity contribution < 1.29 is 27.4 Å². The van der Waals surface area contributed by atoms with Crippen LogP contribution in [0.1, 0.15) is 29.7 Å². The second-order valence-electron chi connectivity index (χ2n) is 8.41. The van der Waals surface area contributed by atoms with Gasteiger partial charge >= 0.3 is 0 Å². The SMILES string of the molecule is COc1ccc(S(=O)(=O)N(CC(=O)N[C@@H](C)c2ccccc2OC)c2cc(C)cc(C)c2)cc1OC. The Bertz CT molecular complexity index is 1320. The summed E-state index contributed by atoms with van der Waals surface area (Å²) in [7, 11) is 0.326. The van der Waals surface area contributed by atoms with Crippen LogP contribution in [-0.2, 0) is 14.8 Å². The molecule has 192 valence electrons. The van der Waals surface area contributed by atoms with Crippen molar-refractivity contribution in [1.82, 2.24) is 5.32 Å². The predicted molar refractivity (Wildman–Crippen MR) is 140 cm³/mol. The molecular weight excluding hydrogens is 480 g/mol. The molecule has 3 rings (SSSR count). The summed E-state index contributed by atoms with van der Waals surface area (Å²) in [6.07, 6.45) is 0. The van der Waals surface area contributed by atoms with Gasteiger partial charge in [0.2, 0.25) is 5.91 Å². The first-order valence-corrected chi connectivity index (χ1v) is 12.8. The zero-order chi connectivity index (χ0) is 26.5. The molecule has 0 aliphatic carbocycles. The molecule has 3 aromatic rings. The minimum absolute atomic E-state index is 0.0233. The highest BCUT2D eigenvalue weighted by Gasteiger charge is 2.29. The summed E-state index contributed by atoms with van der Waals surface area (Å²) < 4.78 is 44.7. The Balaban J connectivity index is 1.99. The van der Waals surface area contributed by atoms with Crippen LogP contribution < -0.4 is 23.8 Å². The maximum absolute atomic E-state index is 13.8. The van der Waals surface area contributed by atoms with Crippen LogP contribution in [0.3, 0.4) is 0 Å². The van der Waals surface area contributed by atoms with Gasteiger partial charge in [-0.3, -0.25) is 9.10 Å². The Labute approximate surface area is 212 Å². The molecule has 1 amide bonds. The van der Waals surface area contributed by atoms with Crippen molar-refractivity contribution in [1.29, 1.82) is 0 Å². The maximum atomic E-state index is 13.8. The lowest BCUT2D eigenvalue weighted by Gasteiger charge is -2.26. The highest BCUT2D eigenvalue weighted by atomic mass is 32.2. The number of methoxy groups -OCH3 is 3. The number of para-hydroxylation sites is 1. The molecule has 1 N–H and O–H groups in total. The number of nitrogens with one attached hydrogen (secondary N) is 1.